The first-order chi connectivity index (χ1) is 15.2. The molecule has 6 N–H and O–H groups in total. The molecule has 32 heavy (non-hydrogen) atoms. The molecule has 1 unspecified atom stereocenters. The third kappa shape index (κ3) is 10.9. The number of benzene rings is 1. The zero-order chi connectivity index (χ0) is 24.7. The van der Waals surface area contributed by atoms with Gasteiger partial charge in [-0.15, -0.1) is 11.3 Å². The first kappa shape index (κ1) is 29.8. The van der Waals surface area contributed by atoms with E-state index in [2.05, 4.69) is 67.0 Å². The van der Waals surface area contributed by atoms with E-state index in [1.54, 1.807) is 16.2 Å². The number of hydrazine groups is 1. The molecule has 1 aliphatic rings. The standard InChI is InChI=1S/C12H14N2S.C10H19NO2.CH2O.H4N2/c1-9-12(15-8-14-9)11-5-3-10(4-6-11)7-13-2;1-10(2,3)6-9(13)11-5-4-8(12)7-11;2*1-2/h3-6,8,13H,7H2,1-2H3;8,12H,4-7H2,1-3H3;1H2;1-2H2. The largest absolute Gasteiger partial charge is 0.391 e. The number of carbonyl (C=O) groups is 2. The zero-order valence-corrected chi connectivity index (χ0v) is 20.7. The number of aliphatic hydroxyl groups is 1. The zero-order valence-electron chi connectivity index (χ0n) is 19.9. The summed E-state index contributed by atoms with van der Waals surface area (Å²) in [6.07, 6.45) is 0.999. The highest BCUT2D eigenvalue weighted by atomic mass is 32.1. The van der Waals surface area contributed by atoms with Crippen molar-refractivity contribution in [3.63, 3.8) is 0 Å². The number of aliphatic hydroxyl groups excluding tert-OH is 1. The maximum absolute atomic E-state index is 11.6. The molecule has 0 spiro atoms. The van der Waals surface area contributed by atoms with E-state index in [-0.39, 0.29) is 17.4 Å². The molecule has 0 saturated carbocycles. The highest BCUT2D eigenvalue weighted by Crippen LogP contribution is 2.27. The smallest absolute Gasteiger partial charge is 0.223 e. The Morgan fingerprint density at radius 1 is 1.28 bits per heavy atom. The van der Waals surface area contributed by atoms with Crippen molar-refractivity contribution in [2.24, 2.45) is 17.1 Å². The Kier molecular flexibility index (Phi) is 14.5. The third-order valence-corrected chi connectivity index (χ3v) is 5.52. The summed E-state index contributed by atoms with van der Waals surface area (Å²) in [6, 6.07) is 8.64. The quantitative estimate of drug-likeness (QED) is 0.402. The minimum absolute atomic E-state index is 0.0463. The monoisotopic (exact) mass is 465 g/mol. The number of thiazole rings is 1. The van der Waals surface area contributed by atoms with Crippen molar-refractivity contribution in [3.8, 4) is 10.4 Å². The Morgan fingerprint density at radius 2 is 1.88 bits per heavy atom. The van der Waals surface area contributed by atoms with Crippen molar-refractivity contribution in [2.75, 3.05) is 20.1 Å². The highest BCUT2D eigenvalue weighted by Gasteiger charge is 2.27. The molecule has 0 aliphatic carbocycles. The topological polar surface area (TPSA) is 135 Å². The molecule has 1 amide bonds. The Balaban J connectivity index is 0.000000525. The van der Waals surface area contributed by atoms with Gasteiger partial charge in [-0.2, -0.15) is 0 Å². The van der Waals surface area contributed by atoms with Crippen molar-refractivity contribution in [2.45, 2.75) is 53.2 Å². The van der Waals surface area contributed by atoms with Crippen molar-refractivity contribution in [1.82, 2.24) is 15.2 Å². The van der Waals surface area contributed by atoms with Gasteiger partial charge in [0.05, 0.1) is 22.2 Å². The van der Waals surface area contributed by atoms with Gasteiger partial charge in [-0.05, 0) is 36.9 Å². The molecule has 1 saturated heterocycles. The van der Waals surface area contributed by atoms with Crippen LogP contribution in [0.5, 0.6) is 0 Å². The van der Waals surface area contributed by atoms with E-state index >= 15 is 0 Å². The van der Waals surface area contributed by atoms with Crippen LogP contribution in [0.3, 0.4) is 0 Å². The lowest BCUT2D eigenvalue weighted by atomic mass is 9.92. The van der Waals surface area contributed by atoms with Crippen molar-refractivity contribution in [3.05, 3.63) is 41.0 Å². The van der Waals surface area contributed by atoms with E-state index in [4.69, 9.17) is 4.79 Å². The normalized spacial score (nSPS) is 14.9. The van der Waals surface area contributed by atoms with Gasteiger partial charge in [0.2, 0.25) is 5.91 Å². The summed E-state index contributed by atoms with van der Waals surface area (Å²) in [7, 11) is 1.96. The van der Waals surface area contributed by atoms with Crippen molar-refractivity contribution >= 4 is 24.0 Å². The number of carbonyl (C=O) groups excluding carboxylic acids is 2. The first-order valence-electron chi connectivity index (χ1n) is 10.4. The van der Waals surface area contributed by atoms with Crippen LogP contribution in [0.4, 0.5) is 0 Å². The second-order valence-electron chi connectivity index (χ2n) is 8.51. The SMILES string of the molecule is C=O.CC(C)(C)CC(=O)N1CCC(O)C1.CNCc1ccc(-c2scnc2C)cc1.NN. The molecular formula is C23H39N5O3S. The Morgan fingerprint density at radius 3 is 2.28 bits per heavy atom. The van der Waals surface area contributed by atoms with E-state index in [0.29, 0.717) is 13.0 Å². The van der Waals surface area contributed by atoms with E-state index in [0.717, 1.165) is 25.2 Å². The van der Waals surface area contributed by atoms with Crippen LogP contribution in [0.25, 0.3) is 10.4 Å². The number of aromatic nitrogens is 1. The summed E-state index contributed by atoms with van der Waals surface area (Å²) < 4.78 is 0. The molecule has 3 rings (SSSR count). The number of nitrogens with one attached hydrogen (secondary N) is 1. The summed E-state index contributed by atoms with van der Waals surface area (Å²) in [4.78, 5) is 26.9. The van der Waals surface area contributed by atoms with Gasteiger partial charge in [-0.25, -0.2) is 4.98 Å². The summed E-state index contributed by atoms with van der Waals surface area (Å²) in [5, 5.41) is 12.4. The van der Waals surface area contributed by atoms with E-state index in [9.17, 15) is 9.90 Å². The number of nitrogens with two attached hydrogens (primary N) is 2. The molecule has 8 nitrogen and oxygen atoms in total. The molecule has 1 aromatic carbocycles. The first-order valence-corrected chi connectivity index (χ1v) is 11.3. The highest BCUT2D eigenvalue weighted by molar-refractivity contribution is 7.13. The van der Waals surface area contributed by atoms with Gasteiger partial charge in [0.1, 0.15) is 6.79 Å². The van der Waals surface area contributed by atoms with Gasteiger partial charge in [-0.3, -0.25) is 16.5 Å². The van der Waals surface area contributed by atoms with E-state index in [1.165, 1.54) is 16.0 Å². The number of rotatable bonds is 4. The summed E-state index contributed by atoms with van der Waals surface area (Å²) in [6.45, 7) is 12.4. The lowest BCUT2D eigenvalue weighted by Crippen LogP contribution is -2.32. The van der Waals surface area contributed by atoms with E-state index in [1.807, 2.05) is 26.3 Å². The van der Waals surface area contributed by atoms with Gasteiger partial charge in [0.25, 0.3) is 0 Å². The van der Waals surface area contributed by atoms with Crippen LogP contribution < -0.4 is 17.0 Å². The average molecular weight is 466 g/mol. The van der Waals surface area contributed by atoms with Gasteiger partial charge >= 0.3 is 0 Å². The van der Waals surface area contributed by atoms with Gasteiger partial charge in [0.15, 0.2) is 0 Å². The third-order valence-electron chi connectivity index (χ3n) is 4.54. The van der Waals surface area contributed by atoms with Gasteiger partial charge < -0.3 is 20.1 Å². The number of likely N-dealkylation sites (tertiary alicyclic amines) is 1. The van der Waals surface area contributed by atoms with Crippen LogP contribution in [-0.4, -0.2) is 53.9 Å². The predicted molar refractivity (Wildman–Crippen MR) is 132 cm³/mol. The van der Waals surface area contributed by atoms with Crippen LogP contribution in [0.2, 0.25) is 0 Å². The molecule has 180 valence electrons. The minimum atomic E-state index is -0.302. The fraction of sp³-hybridized carbons (Fsp3) is 0.522. The molecule has 0 radical (unpaired) electrons. The number of nitrogens with zero attached hydrogens (tertiary/aromatic N) is 2. The second kappa shape index (κ2) is 15.6. The van der Waals surface area contributed by atoms with Crippen LogP contribution in [-0.2, 0) is 16.1 Å². The maximum Gasteiger partial charge on any atom is 0.223 e. The summed E-state index contributed by atoms with van der Waals surface area (Å²) in [5.74, 6) is 8.17. The molecule has 0 bridgehead atoms. The molecule has 9 heteroatoms. The molecule has 1 fully saturated rings. The molecule has 2 aromatic rings. The predicted octanol–water partition coefficient (Wildman–Crippen LogP) is 2.49. The molecule has 1 aliphatic heterocycles. The second-order valence-corrected chi connectivity index (χ2v) is 9.37. The van der Waals surface area contributed by atoms with Crippen molar-refractivity contribution in [1.29, 1.82) is 0 Å². The molecule has 1 atom stereocenters. The van der Waals surface area contributed by atoms with Crippen LogP contribution >= 0.6 is 11.3 Å². The number of hydrogen-bond donors (Lipinski definition) is 4. The minimum Gasteiger partial charge on any atom is -0.391 e. The van der Waals surface area contributed by atoms with Crippen LogP contribution in [0.15, 0.2) is 29.8 Å². The Bertz CT molecular complexity index is 775. The number of β-amino-alcohol motifs (C(OH)–C–C–N with tert-alkyl or cyclic N) is 1. The van der Waals surface area contributed by atoms with Crippen molar-refractivity contribution < 1.29 is 14.7 Å². The lowest BCUT2D eigenvalue weighted by molar-refractivity contribution is -0.132. The van der Waals surface area contributed by atoms with Gasteiger partial charge in [0, 0.05) is 26.1 Å². The fourth-order valence-corrected chi connectivity index (χ4v) is 3.90. The summed E-state index contributed by atoms with van der Waals surface area (Å²) in [5.41, 5.74) is 5.62. The van der Waals surface area contributed by atoms with E-state index < -0.39 is 0 Å². The number of amides is 1. The van der Waals surface area contributed by atoms with Gasteiger partial charge in [-0.1, -0.05) is 45.0 Å². The van der Waals surface area contributed by atoms with Crippen LogP contribution in [0, 0.1) is 12.3 Å². The molecular weight excluding hydrogens is 426 g/mol. The number of hydrogen-bond acceptors (Lipinski definition) is 8. The molecule has 1 aromatic heterocycles. The number of aryl methyl sites for hydroxylation is 1. The Hall–Kier alpha value is -2.17. The maximum atomic E-state index is 11.6. The average Bonchev–Trinajstić information content (AvgIpc) is 3.39. The van der Waals surface area contributed by atoms with Crippen LogP contribution in [0.1, 0.15) is 44.9 Å². The summed E-state index contributed by atoms with van der Waals surface area (Å²) >= 11 is 1.70. The Labute approximate surface area is 196 Å². The fourth-order valence-electron chi connectivity index (χ4n) is 3.09. The molecule has 2 heterocycles. The lowest BCUT2D eigenvalue weighted by Gasteiger charge is -2.22.